The van der Waals surface area contributed by atoms with Gasteiger partial charge in [-0.25, -0.2) is 4.90 Å². The van der Waals surface area contributed by atoms with E-state index in [2.05, 4.69) is 5.32 Å². The van der Waals surface area contributed by atoms with Crippen LogP contribution < -0.4 is 10.2 Å². The zero-order valence-electron chi connectivity index (χ0n) is 17.6. The van der Waals surface area contributed by atoms with Crippen molar-refractivity contribution in [3.05, 3.63) is 69.9 Å². The van der Waals surface area contributed by atoms with Crippen LogP contribution >= 0.6 is 11.6 Å². The van der Waals surface area contributed by atoms with Gasteiger partial charge in [0.25, 0.3) is 17.7 Å². The summed E-state index contributed by atoms with van der Waals surface area (Å²) in [6, 6.07) is 12.2. The highest BCUT2D eigenvalue weighted by Crippen LogP contribution is 2.31. The first-order valence-corrected chi connectivity index (χ1v) is 10.8. The van der Waals surface area contributed by atoms with Gasteiger partial charge in [-0.05, 0) is 80.6 Å². The smallest absolute Gasteiger partial charge is 0.283 e. The van der Waals surface area contributed by atoms with Crippen LogP contribution in [0.5, 0.6) is 0 Å². The molecule has 0 atom stereocenters. The lowest BCUT2D eigenvalue weighted by Gasteiger charge is -2.26. The van der Waals surface area contributed by atoms with Gasteiger partial charge in [0, 0.05) is 24.3 Å². The van der Waals surface area contributed by atoms with E-state index < -0.39 is 11.8 Å². The van der Waals surface area contributed by atoms with Gasteiger partial charge in [0.15, 0.2) is 0 Å². The second kappa shape index (κ2) is 8.55. The zero-order chi connectivity index (χ0) is 22.1. The fourth-order valence-corrected chi connectivity index (χ4v) is 4.04. The lowest BCUT2D eigenvalue weighted by atomic mass is 10.1. The number of aryl methyl sites for hydroxylation is 2. The monoisotopic (exact) mass is 437 g/mol. The van der Waals surface area contributed by atoms with Crippen molar-refractivity contribution in [3.63, 3.8) is 0 Å². The van der Waals surface area contributed by atoms with Gasteiger partial charge in [-0.3, -0.25) is 14.4 Å². The Bertz CT molecular complexity index is 1090. The number of piperidine rings is 1. The number of nitrogens with one attached hydrogen (secondary N) is 1. The predicted octanol–water partition coefficient (Wildman–Crippen LogP) is 4.37. The summed E-state index contributed by atoms with van der Waals surface area (Å²) in [6.07, 6.45) is 3.23. The first-order valence-electron chi connectivity index (χ1n) is 10.4. The SMILES string of the molecule is Cc1ccc(N2C(=O)C(Cl)=C(Nc3ccc(C(=O)N4CCCCC4)cc3)C2=O)cc1C. The number of hydrogen-bond acceptors (Lipinski definition) is 4. The van der Waals surface area contributed by atoms with E-state index in [1.165, 1.54) is 0 Å². The second-order valence-corrected chi connectivity index (χ2v) is 8.34. The zero-order valence-corrected chi connectivity index (χ0v) is 18.3. The van der Waals surface area contributed by atoms with Crippen molar-refractivity contribution in [2.75, 3.05) is 23.3 Å². The third-order valence-electron chi connectivity index (χ3n) is 5.82. The first-order chi connectivity index (χ1) is 14.9. The molecule has 1 fully saturated rings. The minimum Gasteiger partial charge on any atom is -0.350 e. The summed E-state index contributed by atoms with van der Waals surface area (Å²) in [7, 11) is 0. The number of amides is 3. The summed E-state index contributed by atoms with van der Waals surface area (Å²) < 4.78 is 0. The van der Waals surface area contributed by atoms with Crippen molar-refractivity contribution in [3.8, 4) is 0 Å². The molecule has 7 heteroatoms. The molecule has 3 amide bonds. The third-order valence-corrected chi connectivity index (χ3v) is 6.17. The number of benzene rings is 2. The van der Waals surface area contributed by atoms with Gasteiger partial charge in [0.1, 0.15) is 10.7 Å². The Labute approximate surface area is 186 Å². The first kappa shape index (κ1) is 21.1. The normalized spacial score (nSPS) is 16.9. The van der Waals surface area contributed by atoms with Gasteiger partial charge < -0.3 is 10.2 Å². The number of nitrogens with zero attached hydrogens (tertiary/aromatic N) is 2. The summed E-state index contributed by atoms with van der Waals surface area (Å²) in [6.45, 7) is 5.45. The van der Waals surface area contributed by atoms with E-state index in [1.54, 1.807) is 36.4 Å². The van der Waals surface area contributed by atoms with Crippen molar-refractivity contribution >= 4 is 40.7 Å². The van der Waals surface area contributed by atoms with Crippen LogP contribution in [0.2, 0.25) is 0 Å². The minimum absolute atomic E-state index is 0.0107. The molecule has 0 aromatic heterocycles. The molecular weight excluding hydrogens is 414 g/mol. The number of rotatable bonds is 4. The molecule has 0 spiro atoms. The summed E-state index contributed by atoms with van der Waals surface area (Å²) in [5, 5.41) is 2.80. The number of likely N-dealkylation sites (tertiary alicyclic amines) is 1. The van der Waals surface area contributed by atoms with Crippen LogP contribution in [-0.2, 0) is 9.59 Å². The molecule has 0 bridgehead atoms. The molecule has 0 saturated carbocycles. The van der Waals surface area contributed by atoms with Crippen LogP contribution in [0.25, 0.3) is 0 Å². The van der Waals surface area contributed by atoms with Gasteiger partial charge in [0.05, 0.1) is 5.69 Å². The highest BCUT2D eigenvalue weighted by molar-refractivity contribution is 6.53. The summed E-state index contributed by atoms with van der Waals surface area (Å²) >= 11 is 6.22. The lowest BCUT2D eigenvalue weighted by molar-refractivity contribution is -0.120. The predicted molar refractivity (Wildman–Crippen MR) is 121 cm³/mol. The van der Waals surface area contributed by atoms with Gasteiger partial charge in [-0.2, -0.15) is 0 Å². The molecule has 2 aromatic carbocycles. The Morgan fingerprint density at radius 3 is 2.23 bits per heavy atom. The molecule has 1 saturated heterocycles. The molecule has 0 unspecified atom stereocenters. The van der Waals surface area contributed by atoms with Crippen LogP contribution in [0.4, 0.5) is 11.4 Å². The molecule has 6 nitrogen and oxygen atoms in total. The van der Waals surface area contributed by atoms with Crippen molar-refractivity contribution in [2.45, 2.75) is 33.1 Å². The summed E-state index contributed by atoms with van der Waals surface area (Å²) in [5.41, 5.74) is 3.73. The van der Waals surface area contributed by atoms with Crippen LogP contribution in [0.1, 0.15) is 40.7 Å². The van der Waals surface area contributed by atoms with Crippen molar-refractivity contribution in [1.29, 1.82) is 0 Å². The van der Waals surface area contributed by atoms with Gasteiger partial charge >= 0.3 is 0 Å². The average molecular weight is 438 g/mol. The standard InChI is InChI=1S/C24H24ClN3O3/c1-15-6-11-19(14-16(15)2)28-23(30)20(25)21(24(28)31)26-18-9-7-17(8-10-18)22(29)27-12-4-3-5-13-27/h6-11,14,26H,3-5,12-13H2,1-2H3. The fraction of sp³-hybridized carbons (Fsp3) is 0.292. The molecule has 0 aliphatic carbocycles. The Balaban J connectivity index is 1.51. The molecule has 1 N–H and O–H groups in total. The van der Waals surface area contributed by atoms with Crippen LogP contribution in [-0.4, -0.2) is 35.7 Å². The van der Waals surface area contributed by atoms with E-state index in [0.29, 0.717) is 16.9 Å². The Kier molecular flexibility index (Phi) is 5.83. The molecule has 0 radical (unpaired) electrons. The number of anilines is 2. The van der Waals surface area contributed by atoms with E-state index in [4.69, 9.17) is 11.6 Å². The molecule has 2 aromatic rings. The third kappa shape index (κ3) is 4.08. The lowest BCUT2D eigenvalue weighted by Crippen LogP contribution is -2.35. The largest absolute Gasteiger partial charge is 0.350 e. The average Bonchev–Trinajstić information content (AvgIpc) is 2.99. The van der Waals surface area contributed by atoms with Crippen LogP contribution in [0.15, 0.2) is 53.2 Å². The second-order valence-electron chi connectivity index (χ2n) is 7.96. The Hall–Kier alpha value is -3.12. The minimum atomic E-state index is -0.561. The number of hydrogen-bond donors (Lipinski definition) is 1. The number of imide groups is 1. The maximum absolute atomic E-state index is 12.9. The van der Waals surface area contributed by atoms with Crippen LogP contribution in [0.3, 0.4) is 0 Å². The molecule has 4 rings (SSSR count). The van der Waals surface area contributed by atoms with Crippen molar-refractivity contribution in [2.24, 2.45) is 0 Å². The van der Waals surface area contributed by atoms with Gasteiger partial charge in [-0.15, -0.1) is 0 Å². The van der Waals surface area contributed by atoms with Gasteiger partial charge in [-0.1, -0.05) is 17.7 Å². The molecule has 160 valence electrons. The van der Waals surface area contributed by atoms with E-state index in [1.807, 2.05) is 24.8 Å². The number of carbonyl (C=O) groups is 3. The van der Waals surface area contributed by atoms with E-state index in [0.717, 1.165) is 48.4 Å². The van der Waals surface area contributed by atoms with E-state index in [9.17, 15) is 14.4 Å². The molecule has 2 aliphatic rings. The quantitative estimate of drug-likeness (QED) is 0.721. The Morgan fingerprint density at radius 2 is 1.58 bits per heavy atom. The van der Waals surface area contributed by atoms with Crippen molar-refractivity contribution in [1.82, 2.24) is 4.90 Å². The van der Waals surface area contributed by atoms with Crippen molar-refractivity contribution < 1.29 is 14.4 Å². The molecule has 2 heterocycles. The highest BCUT2D eigenvalue weighted by atomic mass is 35.5. The number of carbonyl (C=O) groups excluding carboxylic acids is 3. The molecule has 2 aliphatic heterocycles. The maximum Gasteiger partial charge on any atom is 0.283 e. The Morgan fingerprint density at radius 1 is 0.903 bits per heavy atom. The molecule has 31 heavy (non-hydrogen) atoms. The summed E-state index contributed by atoms with van der Waals surface area (Å²) in [4.78, 5) is 41.2. The van der Waals surface area contributed by atoms with Crippen LogP contribution in [0, 0.1) is 13.8 Å². The molecular formula is C24H24ClN3O3. The van der Waals surface area contributed by atoms with Gasteiger partial charge in [0.2, 0.25) is 0 Å². The van der Waals surface area contributed by atoms with E-state index >= 15 is 0 Å². The number of halogens is 1. The topological polar surface area (TPSA) is 69.7 Å². The fourth-order valence-electron chi connectivity index (χ4n) is 3.83. The summed E-state index contributed by atoms with van der Waals surface area (Å²) in [5.74, 6) is -1.06. The maximum atomic E-state index is 12.9. The highest BCUT2D eigenvalue weighted by Gasteiger charge is 2.39. The van der Waals surface area contributed by atoms with E-state index in [-0.39, 0.29) is 16.6 Å².